The second-order valence-electron chi connectivity index (χ2n) is 5.69. The fraction of sp³-hybridized carbons (Fsp3) is 1.00. The minimum Gasteiger partial charge on any atom is -0.328 e. The zero-order valence-corrected chi connectivity index (χ0v) is 12.4. The summed E-state index contributed by atoms with van der Waals surface area (Å²) in [7, 11) is -3.04. The standard InChI is InChI=1S/C12H24N2O2S.ClH/c13-12-3-1-2-11(8-12)9-14-17(15,16)7-6-10-4-5-10;/h10-12,14H,1-9,13H2;1H. The lowest BCUT2D eigenvalue weighted by Gasteiger charge is -2.26. The van der Waals surface area contributed by atoms with Crippen LogP contribution in [-0.2, 0) is 10.0 Å². The highest BCUT2D eigenvalue weighted by Crippen LogP contribution is 2.32. The maximum absolute atomic E-state index is 11.7. The van der Waals surface area contributed by atoms with Crippen LogP contribution in [0.4, 0.5) is 0 Å². The van der Waals surface area contributed by atoms with Gasteiger partial charge in [-0.2, -0.15) is 0 Å². The second-order valence-corrected chi connectivity index (χ2v) is 7.62. The number of hydrogen-bond donors (Lipinski definition) is 2. The molecule has 0 amide bonds. The summed E-state index contributed by atoms with van der Waals surface area (Å²) in [5, 5.41) is 0. The van der Waals surface area contributed by atoms with Gasteiger partial charge >= 0.3 is 0 Å². The van der Waals surface area contributed by atoms with Crippen LogP contribution in [0.1, 0.15) is 44.9 Å². The van der Waals surface area contributed by atoms with E-state index in [9.17, 15) is 8.42 Å². The van der Waals surface area contributed by atoms with Crippen LogP contribution in [-0.4, -0.2) is 26.8 Å². The lowest BCUT2D eigenvalue weighted by Crippen LogP contribution is -2.36. The molecule has 2 rings (SSSR count). The number of halogens is 1. The normalized spacial score (nSPS) is 28.7. The molecule has 4 nitrogen and oxygen atoms in total. The van der Waals surface area contributed by atoms with Crippen molar-refractivity contribution in [2.45, 2.75) is 51.0 Å². The van der Waals surface area contributed by atoms with Gasteiger partial charge in [0.1, 0.15) is 0 Å². The van der Waals surface area contributed by atoms with E-state index in [4.69, 9.17) is 5.73 Å². The molecule has 0 saturated heterocycles. The smallest absolute Gasteiger partial charge is 0.211 e. The van der Waals surface area contributed by atoms with Crippen LogP contribution >= 0.6 is 12.4 Å². The third kappa shape index (κ3) is 5.87. The highest BCUT2D eigenvalue weighted by atomic mass is 35.5. The summed E-state index contributed by atoms with van der Waals surface area (Å²) in [6, 6.07) is 0.268. The zero-order chi connectivity index (χ0) is 12.3. The van der Waals surface area contributed by atoms with E-state index in [0.717, 1.165) is 32.1 Å². The van der Waals surface area contributed by atoms with Crippen molar-refractivity contribution in [3.8, 4) is 0 Å². The van der Waals surface area contributed by atoms with Gasteiger partial charge < -0.3 is 5.73 Å². The topological polar surface area (TPSA) is 72.2 Å². The lowest BCUT2D eigenvalue weighted by molar-refractivity contribution is 0.322. The van der Waals surface area contributed by atoms with Gasteiger partial charge in [-0.3, -0.25) is 0 Å². The first-order valence-corrected chi connectivity index (χ1v) is 8.43. The Labute approximate surface area is 117 Å². The van der Waals surface area contributed by atoms with Gasteiger partial charge in [-0.05, 0) is 37.5 Å². The molecule has 0 aromatic rings. The van der Waals surface area contributed by atoms with E-state index in [1.807, 2.05) is 0 Å². The number of sulfonamides is 1. The van der Waals surface area contributed by atoms with Gasteiger partial charge in [0.15, 0.2) is 0 Å². The number of nitrogens with one attached hydrogen (secondary N) is 1. The molecule has 2 unspecified atom stereocenters. The maximum Gasteiger partial charge on any atom is 0.211 e. The fourth-order valence-electron chi connectivity index (χ4n) is 2.56. The molecule has 0 bridgehead atoms. The Hall–Kier alpha value is 0.160. The Morgan fingerprint density at radius 1 is 1.11 bits per heavy atom. The molecule has 108 valence electrons. The van der Waals surface area contributed by atoms with E-state index in [0.29, 0.717) is 24.1 Å². The van der Waals surface area contributed by atoms with Gasteiger partial charge in [0.2, 0.25) is 10.0 Å². The van der Waals surface area contributed by atoms with Crippen LogP contribution in [0.2, 0.25) is 0 Å². The molecule has 0 heterocycles. The zero-order valence-electron chi connectivity index (χ0n) is 10.8. The van der Waals surface area contributed by atoms with E-state index in [-0.39, 0.29) is 18.4 Å². The molecule has 0 aromatic heterocycles. The Balaban J connectivity index is 0.00000162. The predicted molar refractivity (Wildman–Crippen MR) is 76.3 cm³/mol. The van der Waals surface area contributed by atoms with E-state index < -0.39 is 10.0 Å². The summed E-state index contributed by atoms with van der Waals surface area (Å²) in [4.78, 5) is 0. The minimum absolute atomic E-state index is 0. The van der Waals surface area contributed by atoms with E-state index in [1.165, 1.54) is 12.8 Å². The van der Waals surface area contributed by atoms with Crippen molar-refractivity contribution in [2.75, 3.05) is 12.3 Å². The fourth-order valence-corrected chi connectivity index (χ4v) is 3.84. The average molecular weight is 297 g/mol. The third-order valence-corrected chi connectivity index (χ3v) is 5.29. The number of rotatable bonds is 6. The van der Waals surface area contributed by atoms with Gasteiger partial charge in [0.25, 0.3) is 0 Å². The first-order chi connectivity index (χ1) is 8.05. The molecule has 0 spiro atoms. The second kappa shape index (κ2) is 7.08. The van der Waals surface area contributed by atoms with Crippen LogP contribution in [0.25, 0.3) is 0 Å². The summed E-state index contributed by atoms with van der Waals surface area (Å²) < 4.78 is 26.2. The molecule has 0 aromatic carbocycles. The summed E-state index contributed by atoms with van der Waals surface area (Å²) in [6.45, 7) is 0.584. The molecule has 0 radical (unpaired) electrons. The number of nitrogens with two attached hydrogens (primary N) is 1. The monoisotopic (exact) mass is 296 g/mol. The Bertz CT molecular complexity index is 344. The first-order valence-electron chi connectivity index (χ1n) is 6.78. The van der Waals surface area contributed by atoms with Crippen molar-refractivity contribution in [1.29, 1.82) is 0 Å². The molecule has 3 N–H and O–H groups in total. The molecule has 2 aliphatic rings. The predicted octanol–water partition coefficient (Wildman–Crippen LogP) is 1.65. The maximum atomic E-state index is 11.7. The molecule has 2 saturated carbocycles. The molecule has 0 aliphatic heterocycles. The average Bonchev–Trinajstić information content (AvgIpc) is 3.08. The molecule has 2 aliphatic carbocycles. The Morgan fingerprint density at radius 2 is 1.83 bits per heavy atom. The van der Waals surface area contributed by atoms with Crippen molar-refractivity contribution < 1.29 is 8.42 Å². The molecule has 6 heteroatoms. The van der Waals surface area contributed by atoms with Crippen LogP contribution in [0, 0.1) is 11.8 Å². The van der Waals surface area contributed by atoms with Crippen molar-refractivity contribution in [1.82, 2.24) is 4.72 Å². The molecule has 2 atom stereocenters. The summed E-state index contributed by atoms with van der Waals surface area (Å²) >= 11 is 0. The van der Waals surface area contributed by atoms with Crippen LogP contribution in [0.5, 0.6) is 0 Å². The SMILES string of the molecule is Cl.NC1CCCC(CNS(=O)(=O)CCC2CC2)C1. The van der Waals surface area contributed by atoms with E-state index in [1.54, 1.807) is 0 Å². The Kier molecular flexibility index (Phi) is 6.38. The van der Waals surface area contributed by atoms with Crippen LogP contribution in [0.3, 0.4) is 0 Å². The van der Waals surface area contributed by atoms with Gasteiger partial charge in [-0.15, -0.1) is 12.4 Å². The van der Waals surface area contributed by atoms with Gasteiger partial charge in [0, 0.05) is 12.6 Å². The molecule has 2 fully saturated rings. The minimum atomic E-state index is -3.04. The number of hydrogen-bond acceptors (Lipinski definition) is 3. The first kappa shape index (κ1) is 16.2. The molecular weight excluding hydrogens is 272 g/mol. The molecular formula is C12H25ClN2O2S. The Morgan fingerprint density at radius 3 is 2.44 bits per heavy atom. The van der Waals surface area contributed by atoms with E-state index in [2.05, 4.69) is 4.72 Å². The third-order valence-electron chi connectivity index (χ3n) is 3.91. The van der Waals surface area contributed by atoms with Crippen molar-refractivity contribution in [3.05, 3.63) is 0 Å². The van der Waals surface area contributed by atoms with Gasteiger partial charge in [-0.1, -0.05) is 19.3 Å². The lowest BCUT2D eigenvalue weighted by atomic mass is 9.86. The van der Waals surface area contributed by atoms with Crippen molar-refractivity contribution in [3.63, 3.8) is 0 Å². The van der Waals surface area contributed by atoms with Crippen molar-refractivity contribution >= 4 is 22.4 Å². The summed E-state index contributed by atoms with van der Waals surface area (Å²) in [6.07, 6.45) is 7.56. The van der Waals surface area contributed by atoms with Crippen molar-refractivity contribution in [2.24, 2.45) is 17.6 Å². The van der Waals surface area contributed by atoms with E-state index >= 15 is 0 Å². The van der Waals surface area contributed by atoms with Crippen LogP contribution in [0.15, 0.2) is 0 Å². The van der Waals surface area contributed by atoms with Gasteiger partial charge in [-0.25, -0.2) is 13.1 Å². The quantitative estimate of drug-likeness (QED) is 0.783. The highest BCUT2D eigenvalue weighted by Gasteiger charge is 2.25. The largest absolute Gasteiger partial charge is 0.328 e. The van der Waals surface area contributed by atoms with Crippen LogP contribution < -0.4 is 10.5 Å². The van der Waals surface area contributed by atoms with Gasteiger partial charge in [0.05, 0.1) is 5.75 Å². The summed E-state index contributed by atoms with van der Waals surface area (Å²) in [5.74, 6) is 1.42. The highest BCUT2D eigenvalue weighted by molar-refractivity contribution is 7.89. The molecule has 18 heavy (non-hydrogen) atoms. The summed E-state index contributed by atoms with van der Waals surface area (Å²) in [5.41, 5.74) is 5.89.